The van der Waals surface area contributed by atoms with Crippen molar-refractivity contribution in [3.8, 4) is 17.1 Å². The third-order valence-electron chi connectivity index (χ3n) is 4.55. The number of rotatable bonds is 6. The van der Waals surface area contributed by atoms with Crippen LogP contribution >= 0.6 is 0 Å². The van der Waals surface area contributed by atoms with Gasteiger partial charge in [-0.05, 0) is 30.5 Å². The molecular formula is C21H20N2O3. The molecule has 0 bridgehead atoms. The summed E-state index contributed by atoms with van der Waals surface area (Å²) in [7, 11) is 1.64. The molecule has 0 atom stereocenters. The molecule has 0 unspecified atom stereocenters. The van der Waals surface area contributed by atoms with Crippen LogP contribution in [0.3, 0.4) is 0 Å². The Morgan fingerprint density at radius 1 is 1.15 bits per heavy atom. The maximum atomic E-state index is 13.0. The van der Waals surface area contributed by atoms with Gasteiger partial charge < -0.3 is 14.2 Å². The van der Waals surface area contributed by atoms with Crippen LogP contribution in [0.1, 0.15) is 28.9 Å². The maximum Gasteiger partial charge on any atom is 0.276 e. The van der Waals surface area contributed by atoms with Gasteiger partial charge in [0.2, 0.25) is 0 Å². The summed E-state index contributed by atoms with van der Waals surface area (Å²) in [5.74, 6) is 1.32. The van der Waals surface area contributed by atoms with E-state index < -0.39 is 0 Å². The molecule has 132 valence electrons. The highest BCUT2D eigenvalue weighted by atomic mass is 16.5. The van der Waals surface area contributed by atoms with E-state index in [4.69, 9.17) is 9.26 Å². The zero-order valence-electron chi connectivity index (χ0n) is 14.6. The normalized spacial score (nSPS) is 13.4. The van der Waals surface area contributed by atoms with E-state index in [9.17, 15) is 4.79 Å². The van der Waals surface area contributed by atoms with Crippen molar-refractivity contribution in [2.45, 2.75) is 25.4 Å². The molecule has 4 rings (SSSR count). The molecule has 0 saturated heterocycles. The summed E-state index contributed by atoms with van der Waals surface area (Å²) >= 11 is 0. The van der Waals surface area contributed by atoms with Gasteiger partial charge >= 0.3 is 0 Å². The fourth-order valence-corrected chi connectivity index (χ4v) is 2.94. The quantitative estimate of drug-likeness (QED) is 0.671. The number of methoxy groups -OCH3 is 1. The van der Waals surface area contributed by atoms with Crippen molar-refractivity contribution in [2.75, 3.05) is 7.11 Å². The van der Waals surface area contributed by atoms with Gasteiger partial charge in [-0.15, -0.1) is 0 Å². The number of aromatic nitrogens is 1. The van der Waals surface area contributed by atoms with Gasteiger partial charge in [0.1, 0.15) is 5.75 Å². The van der Waals surface area contributed by atoms with Gasteiger partial charge in [0.05, 0.1) is 7.11 Å². The molecule has 0 spiro atoms. The van der Waals surface area contributed by atoms with Gasteiger partial charge in [0.25, 0.3) is 5.91 Å². The molecule has 5 heteroatoms. The Labute approximate surface area is 152 Å². The van der Waals surface area contributed by atoms with Crippen molar-refractivity contribution < 1.29 is 14.1 Å². The van der Waals surface area contributed by atoms with Gasteiger partial charge in [-0.3, -0.25) is 4.79 Å². The third kappa shape index (κ3) is 3.47. The summed E-state index contributed by atoms with van der Waals surface area (Å²) in [5.41, 5.74) is 2.33. The highest BCUT2D eigenvalue weighted by molar-refractivity contribution is 5.93. The molecular weight excluding hydrogens is 328 g/mol. The fourth-order valence-electron chi connectivity index (χ4n) is 2.94. The Morgan fingerprint density at radius 2 is 1.88 bits per heavy atom. The molecule has 5 nitrogen and oxygen atoms in total. The first-order valence-corrected chi connectivity index (χ1v) is 8.70. The molecule has 1 aliphatic carbocycles. The number of nitrogens with zero attached hydrogens (tertiary/aromatic N) is 2. The van der Waals surface area contributed by atoms with E-state index in [0.717, 1.165) is 29.7 Å². The van der Waals surface area contributed by atoms with Crippen LogP contribution in [-0.4, -0.2) is 29.1 Å². The molecule has 0 aliphatic heterocycles. The molecule has 1 fully saturated rings. The van der Waals surface area contributed by atoms with E-state index in [-0.39, 0.29) is 11.9 Å². The van der Waals surface area contributed by atoms with E-state index in [1.807, 2.05) is 59.5 Å². The van der Waals surface area contributed by atoms with Crippen LogP contribution in [0.4, 0.5) is 0 Å². The second kappa shape index (κ2) is 7.04. The van der Waals surface area contributed by atoms with Crippen LogP contribution in [0, 0.1) is 0 Å². The highest BCUT2D eigenvalue weighted by Gasteiger charge is 2.34. The molecule has 0 N–H and O–H groups in total. The van der Waals surface area contributed by atoms with Gasteiger partial charge in [0, 0.05) is 24.2 Å². The first kappa shape index (κ1) is 16.4. The molecule has 2 aromatic carbocycles. The van der Waals surface area contributed by atoms with Crippen LogP contribution < -0.4 is 4.74 Å². The predicted octanol–water partition coefficient (Wildman–Crippen LogP) is 4.16. The second-order valence-corrected chi connectivity index (χ2v) is 6.45. The average Bonchev–Trinajstić information content (AvgIpc) is 3.42. The largest absolute Gasteiger partial charge is 0.497 e. The minimum atomic E-state index is -0.0887. The lowest BCUT2D eigenvalue weighted by Crippen LogP contribution is -2.32. The number of carbonyl (C=O) groups is 1. The van der Waals surface area contributed by atoms with Gasteiger partial charge in [0.15, 0.2) is 11.5 Å². The Kier molecular flexibility index (Phi) is 4.44. The summed E-state index contributed by atoms with van der Waals surface area (Å²) in [4.78, 5) is 14.9. The summed E-state index contributed by atoms with van der Waals surface area (Å²) in [6, 6.07) is 19.5. The predicted molar refractivity (Wildman–Crippen MR) is 97.8 cm³/mol. The van der Waals surface area contributed by atoms with E-state index in [1.54, 1.807) is 13.2 Å². The monoisotopic (exact) mass is 348 g/mol. The van der Waals surface area contributed by atoms with E-state index in [1.165, 1.54) is 0 Å². The van der Waals surface area contributed by atoms with E-state index >= 15 is 0 Å². The summed E-state index contributed by atoms with van der Waals surface area (Å²) in [5, 5.41) is 4.01. The van der Waals surface area contributed by atoms with Crippen molar-refractivity contribution in [3.05, 3.63) is 71.9 Å². The summed E-state index contributed by atoms with van der Waals surface area (Å²) < 4.78 is 10.6. The number of hydrogen-bond acceptors (Lipinski definition) is 4. The number of benzene rings is 2. The second-order valence-electron chi connectivity index (χ2n) is 6.45. The molecule has 0 radical (unpaired) electrons. The molecule has 1 aliphatic rings. The van der Waals surface area contributed by atoms with E-state index in [2.05, 4.69) is 5.16 Å². The number of ether oxygens (including phenoxy) is 1. The maximum absolute atomic E-state index is 13.0. The van der Waals surface area contributed by atoms with Crippen LogP contribution in [0.25, 0.3) is 11.3 Å². The number of amides is 1. The Hall–Kier alpha value is -3.08. The zero-order valence-corrected chi connectivity index (χ0v) is 14.6. The van der Waals surface area contributed by atoms with Crippen molar-refractivity contribution in [2.24, 2.45) is 0 Å². The lowest BCUT2D eigenvalue weighted by molar-refractivity contribution is 0.0719. The first-order chi connectivity index (χ1) is 12.7. The lowest BCUT2D eigenvalue weighted by atomic mass is 10.1. The van der Waals surface area contributed by atoms with Crippen LogP contribution in [-0.2, 0) is 6.54 Å². The number of hydrogen-bond donors (Lipinski definition) is 0. The van der Waals surface area contributed by atoms with Crippen molar-refractivity contribution in [1.82, 2.24) is 10.1 Å². The SMILES string of the molecule is COc1ccc(CN(C(=O)c2cc(-c3ccccc3)on2)C2CC2)cc1. The van der Waals surface area contributed by atoms with Gasteiger partial charge in [-0.1, -0.05) is 47.6 Å². The van der Waals surface area contributed by atoms with Crippen molar-refractivity contribution >= 4 is 5.91 Å². The topological polar surface area (TPSA) is 55.6 Å². The Morgan fingerprint density at radius 3 is 2.54 bits per heavy atom. The smallest absolute Gasteiger partial charge is 0.276 e. The Balaban J connectivity index is 1.53. The van der Waals surface area contributed by atoms with Gasteiger partial charge in [-0.2, -0.15) is 0 Å². The number of carbonyl (C=O) groups excluding carboxylic acids is 1. The standard InChI is InChI=1S/C21H20N2O3/c1-25-18-11-7-15(8-12-18)14-23(17-9-10-17)21(24)19-13-20(26-22-19)16-5-3-2-4-6-16/h2-8,11-13,17H,9-10,14H2,1H3. The van der Waals surface area contributed by atoms with Gasteiger partial charge in [-0.25, -0.2) is 0 Å². The van der Waals surface area contributed by atoms with Crippen molar-refractivity contribution in [3.63, 3.8) is 0 Å². The molecule has 3 aromatic rings. The first-order valence-electron chi connectivity index (χ1n) is 8.70. The minimum absolute atomic E-state index is 0.0887. The zero-order chi connectivity index (χ0) is 17.9. The average molecular weight is 348 g/mol. The van der Waals surface area contributed by atoms with Crippen LogP contribution in [0.2, 0.25) is 0 Å². The minimum Gasteiger partial charge on any atom is -0.497 e. The van der Waals surface area contributed by atoms with Crippen molar-refractivity contribution in [1.29, 1.82) is 0 Å². The Bertz CT molecular complexity index is 883. The fraction of sp³-hybridized carbons (Fsp3) is 0.238. The van der Waals surface area contributed by atoms with Crippen LogP contribution in [0.15, 0.2) is 65.2 Å². The summed E-state index contributed by atoms with van der Waals surface area (Å²) in [6.45, 7) is 0.557. The summed E-state index contributed by atoms with van der Waals surface area (Å²) in [6.07, 6.45) is 2.07. The van der Waals surface area contributed by atoms with Crippen LogP contribution in [0.5, 0.6) is 5.75 Å². The van der Waals surface area contributed by atoms with E-state index in [0.29, 0.717) is 18.0 Å². The highest BCUT2D eigenvalue weighted by Crippen LogP contribution is 2.30. The molecule has 1 aromatic heterocycles. The molecule has 1 amide bonds. The lowest BCUT2D eigenvalue weighted by Gasteiger charge is -2.21. The third-order valence-corrected chi connectivity index (χ3v) is 4.55. The molecule has 1 saturated carbocycles. The molecule has 26 heavy (non-hydrogen) atoms. The molecule has 1 heterocycles.